The van der Waals surface area contributed by atoms with Crippen LogP contribution in [-0.2, 0) is 19.1 Å². The Morgan fingerprint density at radius 1 is 1.52 bits per heavy atom. The molecule has 7 nitrogen and oxygen atoms in total. The number of nitrogens with zero attached hydrogens (tertiary/aromatic N) is 1. The quantitative estimate of drug-likeness (QED) is 0.607. The lowest BCUT2D eigenvalue weighted by Crippen LogP contribution is -2.52. The molecule has 3 atom stereocenters. The Kier molecular flexibility index (Phi) is 7.63. The number of hydrogen-bond donors (Lipinski definition) is 2. The summed E-state index contributed by atoms with van der Waals surface area (Å²) >= 11 is 0. The van der Waals surface area contributed by atoms with Crippen molar-refractivity contribution >= 4 is 11.9 Å². The van der Waals surface area contributed by atoms with Gasteiger partial charge in [-0.3, -0.25) is 9.69 Å². The van der Waals surface area contributed by atoms with Gasteiger partial charge in [-0.1, -0.05) is 20.3 Å². The highest BCUT2D eigenvalue weighted by atomic mass is 16.5. The van der Waals surface area contributed by atoms with Crippen LogP contribution in [0.25, 0.3) is 0 Å². The second-order valence-corrected chi connectivity index (χ2v) is 5.42. The molecule has 1 amide bonds. The second kappa shape index (κ2) is 8.96. The number of nitrogens with one attached hydrogen (secondary N) is 1. The summed E-state index contributed by atoms with van der Waals surface area (Å²) in [6.07, 6.45) is 0.754. The van der Waals surface area contributed by atoms with Crippen molar-refractivity contribution in [1.29, 1.82) is 0 Å². The number of hydrogen-bond acceptors (Lipinski definition) is 6. The predicted octanol–water partition coefficient (Wildman–Crippen LogP) is -0.650. The summed E-state index contributed by atoms with van der Waals surface area (Å²) in [5.74, 6) is -0.550. The van der Waals surface area contributed by atoms with E-state index in [1.54, 1.807) is 0 Å². The number of nitrogens with two attached hydrogens (primary N) is 1. The molecular weight excluding hydrogens is 274 g/mol. The Morgan fingerprint density at radius 2 is 2.24 bits per heavy atom. The van der Waals surface area contributed by atoms with Crippen molar-refractivity contribution in [3.63, 3.8) is 0 Å². The zero-order valence-electron chi connectivity index (χ0n) is 13.1. The van der Waals surface area contributed by atoms with Gasteiger partial charge in [-0.25, -0.2) is 4.79 Å². The average Bonchev–Trinajstić information content (AvgIpc) is 2.51. The van der Waals surface area contributed by atoms with E-state index in [4.69, 9.17) is 15.2 Å². The van der Waals surface area contributed by atoms with E-state index in [9.17, 15) is 9.59 Å². The van der Waals surface area contributed by atoms with Gasteiger partial charge in [-0.2, -0.15) is 0 Å². The SMILES string of the molecule is CCC(C)C(NC(=O)CN1CCOC(CN)C1)C(=O)OC. The zero-order chi connectivity index (χ0) is 15.8. The molecule has 0 aromatic heterocycles. The third-order valence-corrected chi connectivity index (χ3v) is 3.84. The first kappa shape index (κ1) is 17.9. The number of carbonyl (C=O) groups excluding carboxylic acids is 2. The minimum atomic E-state index is -0.598. The number of methoxy groups -OCH3 is 1. The van der Waals surface area contributed by atoms with Gasteiger partial charge in [-0.15, -0.1) is 0 Å². The molecule has 0 aromatic carbocycles. The van der Waals surface area contributed by atoms with Crippen LogP contribution in [0.15, 0.2) is 0 Å². The summed E-state index contributed by atoms with van der Waals surface area (Å²) in [6.45, 7) is 6.47. The van der Waals surface area contributed by atoms with Crippen molar-refractivity contribution in [3.8, 4) is 0 Å². The van der Waals surface area contributed by atoms with E-state index in [0.717, 1.165) is 6.42 Å². The van der Waals surface area contributed by atoms with E-state index in [0.29, 0.717) is 26.2 Å². The highest BCUT2D eigenvalue weighted by Gasteiger charge is 2.28. The molecule has 0 saturated carbocycles. The normalized spacial score (nSPS) is 22.4. The highest BCUT2D eigenvalue weighted by molar-refractivity contribution is 5.85. The Balaban J connectivity index is 2.51. The van der Waals surface area contributed by atoms with Crippen LogP contribution in [0.4, 0.5) is 0 Å². The topological polar surface area (TPSA) is 93.9 Å². The molecule has 0 radical (unpaired) electrons. The van der Waals surface area contributed by atoms with Crippen molar-refractivity contribution in [2.45, 2.75) is 32.4 Å². The number of ether oxygens (including phenoxy) is 2. The minimum Gasteiger partial charge on any atom is -0.467 e. The molecule has 7 heteroatoms. The molecule has 0 bridgehead atoms. The van der Waals surface area contributed by atoms with Crippen LogP contribution in [-0.4, -0.2) is 68.8 Å². The van der Waals surface area contributed by atoms with Gasteiger partial charge in [0.25, 0.3) is 0 Å². The molecule has 1 heterocycles. The molecule has 1 aliphatic heterocycles. The second-order valence-electron chi connectivity index (χ2n) is 5.42. The van der Waals surface area contributed by atoms with Gasteiger partial charge < -0.3 is 20.5 Å². The summed E-state index contributed by atoms with van der Waals surface area (Å²) in [7, 11) is 1.33. The molecule has 0 aliphatic carbocycles. The van der Waals surface area contributed by atoms with Crippen molar-refractivity contribution in [2.75, 3.05) is 39.9 Å². The van der Waals surface area contributed by atoms with E-state index in [2.05, 4.69) is 5.32 Å². The fourth-order valence-corrected chi connectivity index (χ4v) is 2.28. The molecule has 21 heavy (non-hydrogen) atoms. The van der Waals surface area contributed by atoms with Crippen LogP contribution in [0, 0.1) is 5.92 Å². The molecule has 122 valence electrons. The molecule has 1 rings (SSSR count). The van der Waals surface area contributed by atoms with Gasteiger partial charge in [0.15, 0.2) is 0 Å². The van der Waals surface area contributed by atoms with E-state index in [-0.39, 0.29) is 24.5 Å². The van der Waals surface area contributed by atoms with Crippen LogP contribution in [0.5, 0.6) is 0 Å². The molecule has 0 aromatic rings. The maximum atomic E-state index is 12.1. The predicted molar refractivity (Wildman–Crippen MR) is 78.6 cm³/mol. The summed E-state index contributed by atoms with van der Waals surface area (Å²) in [5.41, 5.74) is 5.58. The highest BCUT2D eigenvalue weighted by Crippen LogP contribution is 2.10. The fourth-order valence-electron chi connectivity index (χ4n) is 2.28. The molecule has 1 aliphatic rings. The van der Waals surface area contributed by atoms with Gasteiger partial charge in [-0.05, 0) is 5.92 Å². The number of rotatable bonds is 7. The summed E-state index contributed by atoms with van der Waals surface area (Å²) in [4.78, 5) is 25.9. The lowest BCUT2D eigenvalue weighted by Gasteiger charge is -2.32. The standard InChI is InChI=1S/C14H27N3O4/c1-4-10(2)13(14(19)20-3)16-12(18)9-17-5-6-21-11(7-15)8-17/h10-11,13H,4-9,15H2,1-3H3,(H,16,18). The molecule has 0 spiro atoms. The largest absolute Gasteiger partial charge is 0.467 e. The van der Waals surface area contributed by atoms with E-state index in [1.165, 1.54) is 7.11 Å². The van der Waals surface area contributed by atoms with Crippen LogP contribution in [0.2, 0.25) is 0 Å². The lowest BCUT2D eigenvalue weighted by atomic mass is 9.99. The number of esters is 1. The van der Waals surface area contributed by atoms with Gasteiger partial charge >= 0.3 is 5.97 Å². The molecule has 1 fully saturated rings. The van der Waals surface area contributed by atoms with Crippen molar-refractivity contribution in [3.05, 3.63) is 0 Å². The van der Waals surface area contributed by atoms with Crippen molar-refractivity contribution < 1.29 is 19.1 Å². The molecule has 3 unspecified atom stereocenters. The molecule has 1 saturated heterocycles. The van der Waals surface area contributed by atoms with Gasteiger partial charge in [0.1, 0.15) is 6.04 Å². The van der Waals surface area contributed by atoms with Crippen LogP contribution >= 0.6 is 0 Å². The molecule has 3 N–H and O–H groups in total. The Morgan fingerprint density at radius 3 is 2.81 bits per heavy atom. The van der Waals surface area contributed by atoms with E-state index < -0.39 is 12.0 Å². The third-order valence-electron chi connectivity index (χ3n) is 3.84. The third kappa shape index (κ3) is 5.61. The Labute approximate surface area is 126 Å². The van der Waals surface area contributed by atoms with Crippen molar-refractivity contribution in [2.24, 2.45) is 11.7 Å². The maximum Gasteiger partial charge on any atom is 0.328 e. The first-order valence-electron chi connectivity index (χ1n) is 7.43. The number of carbonyl (C=O) groups is 2. The summed E-state index contributed by atoms with van der Waals surface area (Å²) in [5, 5.41) is 2.77. The van der Waals surface area contributed by atoms with Gasteiger partial charge in [0, 0.05) is 19.6 Å². The Bertz CT molecular complexity index is 351. The van der Waals surface area contributed by atoms with Crippen LogP contribution in [0.3, 0.4) is 0 Å². The lowest BCUT2D eigenvalue weighted by molar-refractivity contribution is -0.147. The Hall–Kier alpha value is -1.18. The van der Waals surface area contributed by atoms with Gasteiger partial charge in [0.05, 0.1) is 26.4 Å². The first-order chi connectivity index (χ1) is 10.0. The number of amides is 1. The van der Waals surface area contributed by atoms with Crippen LogP contribution in [0.1, 0.15) is 20.3 Å². The summed E-state index contributed by atoms with van der Waals surface area (Å²) in [6, 6.07) is -0.598. The van der Waals surface area contributed by atoms with Crippen LogP contribution < -0.4 is 11.1 Å². The van der Waals surface area contributed by atoms with Gasteiger partial charge in [0.2, 0.25) is 5.91 Å². The average molecular weight is 301 g/mol. The van der Waals surface area contributed by atoms with E-state index >= 15 is 0 Å². The summed E-state index contributed by atoms with van der Waals surface area (Å²) < 4.78 is 10.2. The smallest absolute Gasteiger partial charge is 0.328 e. The van der Waals surface area contributed by atoms with Crippen molar-refractivity contribution in [1.82, 2.24) is 10.2 Å². The van der Waals surface area contributed by atoms with E-state index in [1.807, 2.05) is 18.7 Å². The first-order valence-corrected chi connectivity index (χ1v) is 7.43. The maximum absolute atomic E-state index is 12.1. The minimum absolute atomic E-state index is 0.0301. The monoisotopic (exact) mass is 301 g/mol. The fraction of sp³-hybridized carbons (Fsp3) is 0.857. The number of morpholine rings is 1. The zero-order valence-corrected chi connectivity index (χ0v) is 13.1. The molecular formula is C14H27N3O4.